The Hall–Kier alpha value is -6.44. The van der Waals surface area contributed by atoms with Gasteiger partial charge in [-0.15, -0.1) is 0 Å². The summed E-state index contributed by atoms with van der Waals surface area (Å²) in [6.07, 6.45) is 0. The highest BCUT2D eigenvalue weighted by molar-refractivity contribution is 6.22. The van der Waals surface area contributed by atoms with Crippen molar-refractivity contribution in [2.45, 2.75) is 0 Å². The second-order valence-corrected chi connectivity index (χ2v) is 12.3. The van der Waals surface area contributed by atoms with Crippen molar-refractivity contribution >= 4 is 54.3 Å². The van der Waals surface area contributed by atoms with Crippen LogP contribution in [0.25, 0.3) is 98.8 Å². The zero-order valence-electron chi connectivity index (χ0n) is 32.3. The summed E-state index contributed by atoms with van der Waals surface area (Å²) in [5.41, 5.74) is 6.99. The van der Waals surface area contributed by atoms with Crippen molar-refractivity contribution in [1.82, 2.24) is 0 Å². The molecule has 1 aromatic heterocycles. The topological polar surface area (TPSA) is 13.1 Å². The SMILES string of the molecule is [2H]c1c(-c2c3ccccc3c(-c3ccccc3)c3ccccc23)c([2H])c2c([2H])c([2H])c(-c3ccc4oc5cccc(-c6ccccc6)c5c4c3)c([2H])c2c1[2H]. The fourth-order valence-electron chi connectivity index (χ4n) is 7.30. The standard InChI is InChI=1S/C48H30O/c1-3-12-31(13-4-1)38-20-11-21-45-48(38)43-30-36(26-27-44(43)49-45)34-22-23-35-29-37(25-24-33(35)28-34)47-41-18-9-7-16-39(41)46(32-14-5-2-6-15-32)40-17-8-10-19-42(40)47/h1-30H/i22D,23D,24D,25D,28D,29D. The number of hydrogen-bond acceptors (Lipinski definition) is 1. The van der Waals surface area contributed by atoms with Crippen molar-refractivity contribution < 1.29 is 12.6 Å². The summed E-state index contributed by atoms with van der Waals surface area (Å²) >= 11 is 0. The van der Waals surface area contributed by atoms with Gasteiger partial charge in [-0.3, -0.25) is 0 Å². The first-order valence-electron chi connectivity index (χ1n) is 19.4. The molecule has 0 aliphatic rings. The molecule has 10 rings (SSSR count). The summed E-state index contributed by atoms with van der Waals surface area (Å²) in [5.74, 6) is 0. The number of benzene rings is 9. The van der Waals surface area contributed by atoms with Crippen molar-refractivity contribution in [3.63, 3.8) is 0 Å². The van der Waals surface area contributed by atoms with Gasteiger partial charge in [0, 0.05) is 10.8 Å². The van der Waals surface area contributed by atoms with E-state index in [0.29, 0.717) is 22.3 Å². The molecule has 0 bridgehead atoms. The lowest BCUT2D eigenvalue weighted by Gasteiger charge is -2.18. The van der Waals surface area contributed by atoms with Gasteiger partial charge in [0.1, 0.15) is 11.2 Å². The number of hydrogen-bond donors (Lipinski definition) is 0. The zero-order valence-corrected chi connectivity index (χ0v) is 26.3. The largest absolute Gasteiger partial charge is 0.456 e. The first kappa shape index (κ1) is 22.2. The Morgan fingerprint density at radius 1 is 0.367 bits per heavy atom. The Kier molecular flexibility index (Phi) is 5.02. The Bertz CT molecular complexity index is 3150. The molecule has 0 saturated heterocycles. The van der Waals surface area contributed by atoms with Crippen LogP contribution in [0, 0.1) is 0 Å². The molecule has 0 atom stereocenters. The Morgan fingerprint density at radius 3 is 1.57 bits per heavy atom. The molecular formula is C48H30O. The van der Waals surface area contributed by atoms with Gasteiger partial charge in [0.15, 0.2) is 0 Å². The first-order valence-corrected chi connectivity index (χ1v) is 16.4. The first-order chi connectivity index (χ1) is 26.8. The van der Waals surface area contributed by atoms with Crippen LogP contribution in [-0.2, 0) is 0 Å². The van der Waals surface area contributed by atoms with Gasteiger partial charge >= 0.3 is 0 Å². The van der Waals surface area contributed by atoms with E-state index in [1.165, 1.54) is 0 Å². The minimum atomic E-state index is -0.252. The third-order valence-corrected chi connectivity index (χ3v) is 9.49. The van der Waals surface area contributed by atoms with Gasteiger partial charge in [-0.25, -0.2) is 0 Å². The molecule has 0 unspecified atom stereocenters. The van der Waals surface area contributed by atoms with E-state index in [9.17, 15) is 8.22 Å². The zero-order chi connectivity index (χ0) is 37.5. The van der Waals surface area contributed by atoms with Crippen LogP contribution >= 0.6 is 0 Å². The normalized spacial score (nSPS) is 13.4. The van der Waals surface area contributed by atoms with Gasteiger partial charge in [-0.2, -0.15) is 0 Å². The van der Waals surface area contributed by atoms with Crippen molar-refractivity contribution in [2.24, 2.45) is 0 Å². The summed E-state index contributed by atoms with van der Waals surface area (Å²) in [6, 6.07) is 46.2. The molecule has 0 aliphatic heterocycles. The molecule has 0 saturated carbocycles. The second-order valence-electron chi connectivity index (χ2n) is 12.3. The smallest absolute Gasteiger partial charge is 0.136 e. The lowest BCUT2D eigenvalue weighted by molar-refractivity contribution is 0.669. The van der Waals surface area contributed by atoms with Crippen LogP contribution in [0.2, 0.25) is 0 Å². The average molecular weight is 629 g/mol. The third kappa shape index (κ3) is 4.47. The lowest BCUT2D eigenvalue weighted by Crippen LogP contribution is -1.90. The second kappa shape index (κ2) is 11.1. The molecule has 1 nitrogen and oxygen atoms in total. The van der Waals surface area contributed by atoms with Crippen LogP contribution in [0.1, 0.15) is 8.22 Å². The molecule has 1 heterocycles. The molecule has 9 aromatic carbocycles. The average Bonchev–Trinajstić information content (AvgIpc) is 3.60. The number of furan rings is 1. The summed E-state index contributed by atoms with van der Waals surface area (Å²) in [4.78, 5) is 0. The minimum absolute atomic E-state index is 0.0198. The Morgan fingerprint density at radius 2 is 0.918 bits per heavy atom. The predicted octanol–water partition coefficient (Wildman–Crippen LogP) is 13.7. The van der Waals surface area contributed by atoms with Gasteiger partial charge in [-0.1, -0.05) is 152 Å². The van der Waals surface area contributed by atoms with E-state index in [1.807, 2.05) is 127 Å². The van der Waals surface area contributed by atoms with Crippen molar-refractivity contribution in [2.75, 3.05) is 0 Å². The molecule has 0 amide bonds. The molecule has 0 N–H and O–H groups in total. The monoisotopic (exact) mass is 628 g/mol. The molecule has 0 fully saturated rings. The maximum Gasteiger partial charge on any atom is 0.136 e. The van der Waals surface area contributed by atoms with Crippen LogP contribution in [0.15, 0.2) is 186 Å². The molecule has 228 valence electrons. The Balaban J connectivity index is 1.25. The fourth-order valence-corrected chi connectivity index (χ4v) is 7.30. The number of fused-ring (bicyclic) bond motifs is 6. The molecule has 0 radical (unpaired) electrons. The molecule has 0 spiro atoms. The van der Waals surface area contributed by atoms with Gasteiger partial charge in [0.25, 0.3) is 0 Å². The summed E-state index contributed by atoms with van der Waals surface area (Å²) < 4.78 is 63.0. The van der Waals surface area contributed by atoms with Crippen LogP contribution in [0.4, 0.5) is 0 Å². The maximum absolute atomic E-state index is 9.67. The highest BCUT2D eigenvalue weighted by atomic mass is 16.3. The quantitative estimate of drug-likeness (QED) is 0.177. The van der Waals surface area contributed by atoms with E-state index in [-0.39, 0.29) is 58.2 Å². The van der Waals surface area contributed by atoms with Gasteiger partial charge in [-0.05, 0) is 107 Å². The van der Waals surface area contributed by atoms with Crippen LogP contribution in [0.3, 0.4) is 0 Å². The lowest BCUT2D eigenvalue weighted by atomic mass is 9.85. The third-order valence-electron chi connectivity index (χ3n) is 9.49. The molecule has 0 aliphatic carbocycles. The van der Waals surface area contributed by atoms with Crippen LogP contribution in [-0.4, -0.2) is 0 Å². The Labute approximate surface area is 292 Å². The van der Waals surface area contributed by atoms with E-state index < -0.39 is 0 Å². The fraction of sp³-hybridized carbons (Fsp3) is 0. The van der Waals surface area contributed by atoms with E-state index >= 15 is 0 Å². The summed E-state index contributed by atoms with van der Waals surface area (Å²) in [6.45, 7) is 0. The van der Waals surface area contributed by atoms with Gasteiger partial charge in [0.2, 0.25) is 0 Å². The molecule has 1 heteroatoms. The highest BCUT2D eigenvalue weighted by Crippen LogP contribution is 2.44. The van der Waals surface area contributed by atoms with Gasteiger partial charge in [0.05, 0.1) is 8.22 Å². The molecule has 10 aromatic rings. The molecule has 49 heavy (non-hydrogen) atoms. The predicted molar refractivity (Wildman–Crippen MR) is 208 cm³/mol. The minimum Gasteiger partial charge on any atom is -0.456 e. The van der Waals surface area contributed by atoms with Crippen LogP contribution < -0.4 is 0 Å². The van der Waals surface area contributed by atoms with E-state index in [1.54, 1.807) is 6.07 Å². The molecular weight excluding hydrogens is 593 g/mol. The maximum atomic E-state index is 9.67. The van der Waals surface area contributed by atoms with Crippen LogP contribution in [0.5, 0.6) is 0 Å². The van der Waals surface area contributed by atoms with E-state index in [0.717, 1.165) is 54.6 Å². The highest BCUT2D eigenvalue weighted by Gasteiger charge is 2.17. The van der Waals surface area contributed by atoms with Crippen molar-refractivity contribution in [3.8, 4) is 44.5 Å². The van der Waals surface area contributed by atoms with E-state index in [2.05, 4.69) is 12.1 Å². The summed E-state index contributed by atoms with van der Waals surface area (Å²) in [5, 5.41) is 5.26. The van der Waals surface area contributed by atoms with E-state index in [4.69, 9.17) is 4.42 Å². The summed E-state index contributed by atoms with van der Waals surface area (Å²) in [7, 11) is 0. The van der Waals surface area contributed by atoms with Crippen molar-refractivity contribution in [3.05, 3.63) is 182 Å². The van der Waals surface area contributed by atoms with Gasteiger partial charge < -0.3 is 4.42 Å². The number of rotatable bonds is 4. The van der Waals surface area contributed by atoms with Crippen molar-refractivity contribution in [1.29, 1.82) is 0 Å².